The Kier molecular flexibility index (Phi) is 7.64. The van der Waals surface area contributed by atoms with Crippen LogP contribution in [0.1, 0.15) is 60.0 Å². The number of hydrogen-bond donors (Lipinski definition) is 1. The molecule has 0 unspecified atom stereocenters. The van der Waals surface area contributed by atoms with Crippen LogP contribution in [0.5, 0.6) is 17.2 Å². The summed E-state index contributed by atoms with van der Waals surface area (Å²) in [5, 5.41) is 7.10. The largest absolute Gasteiger partial charge is 0.493 e. The van der Waals surface area contributed by atoms with Crippen molar-refractivity contribution in [3.63, 3.8) is 0 Å². The molecular weight excluding hydrogens is 486 g/mol. The van der Waals surface area contributed by atoms with Gasteiger partial charge < -0.3 is 29.0 Å². The molecule has 200 valence electrons. The minimum atomic E-state index is -0.354. The van der Waals surface area contributed by atoms with E-state index in [0.717, 1.165) is 11.1 Å². The van der Waals surface area contributed by atoms with Crippen LogP contribution in [-0.4, -0.2) is 54.2 Å². The number of nitrogens with one attached hydrogen (secondary N) is 1. The van der Waals surface area contributed by atoms with E-state index in [1.807, 2.05) is 56.3 Å². The number of rotatable bonds is 3. The number of ether oxygens (including phenoxy) is 3. The van der Waals surface area contributed by atoms with Crippen LogP contribution < -0.4 is 14.8 Å². The number of aryl methyl sites for hydroxylation is 1. The van der Waals surface area contributed by atoms with Crippen molar-refractivity contribution in [3.8, 4) is 17.2 Å². The third-order valence-corrected chi connectivity index (χ3v) is 6.96. The maximum atomic E-state index is 13.2. The Labute approximate surface area is 222 Å². The second-order valence-corrected chi connectivity index (χ2v) is 10.1. The molecule has 4 bridgehead atoms. The molecule has 2 aliphatic rings. The highest BCUT2D eigenvalue weighted by molar-refractivity contribution is 5.92. The summed E-state index contributed by atoms with van der Waals surface area (Å²) in [4.78, 5) is 27.9. The Morgan fingerprint density at radius 1 is 1.13 bits per heavy atom. The van der Waals surface area contributed by atoms with Gasteiger partial charge in [0.15, 0.2) is 17.2 Å². The first-order valence-corrected chi connectivity index (χ1v) is 13.0. The maximum absolute atomic E-state index is 13.2. The van der Waals surface area contributed by atoms with Gasteiger partial charge in [-0.25, -0.2) is 0 Å². The molecule has 1 N–H and O–H groups in total. The number of carbonyl (C=O) groups excluding carboxylic acids is 2. The van der Waals surface area contributed by atoms with Crippen molar-refractivity contribution in [2.75, 3.05) is 20.2 Å². The molecule has 0 radical (unpaired) electrons. The molecule has 0 saturated carbocycles. The van der Waals surface area contributed by atoms with Crippen molar-refractivity contribution >= 4 is 11.8 Å². The van der Waals surface area contributed by atoms with Crippen LogP contribution in [-0.2, 0) is 22.6 Å². The number of nitrogens with zero attached hydrogens (tertiary/aromatic N) is 2. The number of fused-ring (bicyclic) bond motifs is 5. The number of amides is 2. The average Bonchev–Trinajstić information content (AvgIpc) is 3.42. The molecule has 0 spiro atoms. The van der Waals surface area contributed by atoms with Crippen molar-refractivity contribution < 1.29 is 28.3 Å². The van der Waals surface area contributed by atoms with Crippen molar-refractivity contribution in [1.82, 2.24) is 15.4 Å². The van der Waals surface area contributed by atoms with E-state index in [1.165, 1.54) is 0 Å². The lowest BCUT2D eigenvalue weighted by molar-refractivity contribution is -0.124. The third kappa shape index (κ3) is 5.83. The molecule has 2 aromatic carbocycles. The van der Waals surface area contributed by atoms with Crippen LogP contribution in [0.4, 0.5) is 0 Å². The molecule has 3 aromatic rings. The maximum Gasteiger partial charge on any atom is 0.276 e. The number of likely N-dealkylation sites (tertiary alicyclic amines) is 1. The third-order valence-electron chi connectivity index (χ3n) is 6.96. The normalized spacial score (nSPS) is 20.0. The summed E-state index contributed by atoms with van der Waals surface area (Å²) in [7, 11) is 1.60. The van der Waals surface area contributed by atoms with Gasteiger partial charge in [0, 0.05) is 31.5 Å². The number of carbonyl (C=O) groups is 2. The fourth-order valence-electron chi connectivity index (χ4n) is 4.80. The van der Waals surface area contributed by atoms with Gasteiger partial charge in [-0.1, -0.05) is 37.2 Å². The fraction of sp³-hybridized carbons (Fsp3) is 0.414. The lowest BCUT2D eigenvalue weighted by Crippen LogP contribution is -2.57. The van der Waals surface area contributed by atoms with Gasteiger partial charge in [0.05, 0.1) is 25.9 Å². The van der Waals surface area contributed by atoms with Crippen molar-refractivity contribution in [1.29, 1.82) is 0 Å². The van der Waals surface area contributed by atoms with Gasteiger partial charge in [-0.3, -0.25) is 9.59 Å². The average molecular weight is 520 g/mol. The van der Waals surface area contributed by atoms with E-state index in [9.17, 15) is 9.59 Å². The van der Waals surface area contributed by atoms with Crippen LogP contribution in [0, 0.1) is 0 Å². The zero-order valence-corrected chi connectivity index (χ0v) is 21.9. The summed E-state index contributed by atoms with van der Waals surface area (Å²) >= 11 is 0. The fourth-order valence-corrected chi connectivity index (χ4v) is 4.80. The van der Waals surface area contributed by atoms with E-state index >= 15 is 0 Å². The van der Waals surface area contributed by atoms with Gasteiger partial charge in [0.25, 0.3) is 5.91 Å². The zero-order valence-electron chi connectivity index (χ0n) is 21.9. The minimum absolute atomic E-state index is 0.102. The molecule has 1 saturated heterocycles. The molecule has 2 atom stereocenters. The smallest absolute Gasteiger partial charge is 0.276 e. The summed E-state index contributed by atoms with van der Waals surface area (Å²) in [6.07, 6.45) is 1.16. The second kappa shape index (κ2) is 11.3. The van der Waals surface area contributed by atoms with E-state index in [2.05, 4.69) is 10.5 Å². The first kappa shape index (κ1) is 25.8. The van der Waals surface area contributed by atoms with Gasteiger partial charge in [0.1, 0.15) is 11.5 Å². The quantitative estimate of drug-likeness (QED) is 0.545. The van der Waals surface area contributed by atoms with Crippen molar-refractivity contribution in [2.24, 2.45) is 0 Å². The number of hydrogen-bond acceptors (Lipinski definition) is 7. The zero-order chi connectivity index (χ0) is 26.6. The standard InChI is InChI=1S/C29H33N3O6/c1-18(2)26-15-22(31-38-26)29(34)32-12-11-24-23(16-32)30-28(33)10-8-19-7-9-25(35-3)27(14-19)37-21-6-4-5-20(13-21)17-36-24/h4-7,9,13-15,18,23-24H,8,10-12,16-17H2,1-3H3,(H,30,33)/t23-,24+/m0/s1. The van der Waals surface area contributed by atoms with Gasteiger partial charge in [-0.05, 0) is 48.2 Å². The highest BCUT2D eigenvalue weighted by Gasteiger charge is 2.34. The molecule has 9 nitrogen and oxygen atoms in total. The first-order valence-electron chi connectivity index (χ1n) is 13.0. The monoisotopic (exact) mass is 519 g/mol. The number of piperidine rings is 1. The Balaban J connectivity index is 1.37. The van der Waals surface area contributed by atoms with Gasteiger partial charge >= 0.3 is 0 Å². The highest BCUT2D eigenvalue weighted by Crippen LogP contribution is 2.33. The summed E-state index contributed by atoms with van der Waals surface area (Å²) in [6, 6.07) is 14.8. The number of aromatic nitrogens is 1. The molecule has 38 heavy (non-hydrogen) atoms. The van der Waals surface area contributed by atoms with E-state index in [0.29, 0.717) is 55.5 Å². The van der Waals surface area contributed by atoms with Crippen LogP contribution in [0.3, 0.4) is 0 Å². The van der Waals surface area contributed by atoms with Crippen LogP contribution in [0.15, 0.2) is 53.1 Å². The van der Waals surface area contributed by atoms with E-state index in [4.69, 9.17) is 18.7 Å². The molecule has 2 aliphatic heterocycles. The first-order chi connectivity index (χ1) is 18.4. The van der Waals surface area contributed by atoms with Crippen molar-refractivity contribution in [2.45, 2.75) is 57.8 Å². The summed E-state index contributed by atoms with van der Waals surface area (Å²) in [5.74, 6) is 2.38. The molecule has 2 amide bonds. The molecule has 5 rings (SSSR count). The summed E-state index contributed by atoms with van der Waals surface area (Å²) < 4.78 is 23.3. The topological polar surface area (TPSA) is 103 Å². The predicted octanol–water partition coefficient (Wildman–Crippen LogP) is 4.46. The Morgan fingerprint density at radius 2 is 2.00 bits per heavy atom. The Morgan fingerprint density at radius 3 is 2.79 bits per heavy atom. The van der Waals surface area contributed by atoms with Crippen molar-refractivity contribution in [3.05, 3.63) is 71.1 Å². The molecule has 0 aliphatic carbocycles. The minimum Gasteiger partial charge on any atom is -0.493 e. The molecule has 3 heterocycles. The Bertz CT molecular complexity index is 1300. The summed E-state index contributed by atoms with van der Waals surface area (Å²) in [6.45, 7) is 5.14. The second-order valence-electron chi connectivity index (χ2n) is 10.1. The van der Waals surface area contributed by atoms with E-state index < -0.39 is 0 Å². The molecule has 1 aromatic heterocycles. The molecule has 9 heteroatoms. The summed E-state index contributed by atoms with van der Waals surface area (Å²) in [5.41, 5.74) is 2.19. The van der Waals surface area contributed by atoms with Crippen LogP contribution in [0.2, 0.25) is 0 Å². The molecular formula is C29H33N3O6. The Hall–Kier alpha value is -3.85. The predicted molar refractivity (Wildman–Crippen MR) is 139 cm³/mol. The highest BCUT2D eigenvalue weighted by atomic mass is 16.5. The SMILES string of the molecule is COc1ccc2cc1Oc1cccc(c1)CO[C@@H]1CCN(C(=O)c3cc(C(C)C)on3)C[C@@H]1NC(=O)CC2. The number of benzene rings is 2. The van der Waals surface area contributed by atoms with Gasteiger partial charge in [0.2, 0.25) is 5.91 Å². The van der Waals surface area contributed by atoms with Crippen LogP contribution in [0.25, 0.3) is 0 Å². The number of methoxy groups -OCH3 is 1. The lowest BCUT2D eigenvalue weighted by Gasteiger charge is -2.38. The molecule has 1 fully saturated rings. The van der Waals surface area contributed by atoms with E-state index in [-0.39, 0.29) is 42.0 Å². The van der Waals surface area contributed by atoms with Gasteiger partial charge in [-0.2, -0.15) is 0 Å². The van der Waals surface area contributed by atoms with Crippen LogP contribution >= 0.6 is 0 Å². The lowest BCUT2D eigenvalue weighted by atomic mass is 10.0. The van der Waals surface area contributed by atoms with Gasteiger partial charge in [-0.15, -0.1) is 0 Å². The van der Waals surface area contributed by atoms with E-state index in [1.54, 1.807) is 18.1 Å².